The molecule has 2 rings (SSSR count). The molecule has 0 amide bonds. The fraction of sp³-hybridized carbons (Fsp3) is 0.111. The topological polar surface area (TPSA) is 64.7 Å². The lowest BCUT2D eigenvalue weighted by Gasteiger charge is -2.11. The zero-order valence-corrected chi connectivity index (χ0v) is 14.3. The van der Waals surface area contributed by atoms with Crippen LogP contribution < -0.4 is 10.5 Å². The van der Waals surface area contributed by atoms with Crippen LogP contribution in [-0.2, 0) is 11.4 Å². The maximum absolute atomic E-state index is 10.3. The molecule has 124 valence electrons. The number of hydrogen-bond acceptors (Lipinski definition) is 4. The van der Waals surface area contributed by atoms with Gasteiger partial charge in [-0.05, 0) is 29.8 Å². The van der Waals surface area contributed by atoms with Crippen molar-refractivity contribution < 1.29 is 9.53 Å². The number of carbonyl (C=O) groups is 1. The van der Waals surface area contributed by atoms with Crippen molar-refractivity contribution in [2.24, 2.45) is 10.7 Å². The lowest BCUT2D eigenvalue weighted by molar-refractivity contribution is -0.106. The van der Waals surface area contributed by atoms with Gasteiger partial charge < -0.3 is 15.3 Å². The molecule has 2 N–H and O–H groups in total. The standard InChI is InChI=1S/C18H16Cl2N2O2/c19-17-5-2-6-18(20)16(17)12-24-15-4-1-3-13(9-15)14(10-21)11-22-7-8-23/h1-6,8-11H,7,12,21H2/b14-10+,22-11?. The summed E-state index contributed by atoms with van der Waals surface area (Å²) in [5, 5.41) is 1.12. The van der Waals surface area contributed by atoms with E-state index in [1.807, 2.05) is 24.3 Å². The Kier molecular flexibility index (Phi) is 6.85. The van der Waals surface area contributed by atoms with E-state index in [-0.39, 0.29) is 13.2 Å². The Morgan fingerprint density at radius 2 is 1.88 bits per heavy atom. The maximum Gasteiger partial charge on any atom is 0.141 e. The molecular weight excluding hydrogens is 347 g/mol. The van der Waals surface area contributed by atoms with Gasteiger partial charge in [0.2, 0.25) is 0 Å². The summed E-state index contributed by atoms with van der Waals surface area (Å²) < 4.78 is 5.78. The van der Waals surface area contributed by atoms with Crippen molar-refractivity contribution in [3.63, 3.8) is 0 Å². The number of hydrogen-bond donors (Lipinski definition) is 1. The minimum Gasteiger partial charge on any atom is -0.489 e. The molecule has 2 aromatic carbocycles. The molecule has 0 spiro atoms. The third-order valence-electron chi connectivity index (χ3n) is 3.20. The van der Waals surface area contributed by atoms with Crippen LogP contribution in [-0.4, -0.2) is 19.0 Å². The average Bonchev–Trinajstić information content (AvgIpc) is 2.59. The Hall–Kier alpha value is -2.30. The van der Waals surface area contributed by atoms with Gasteiger partial charge in [-0.3, -0.25) is 4.99 Å². The van der Waals surface area contributed by atoms with Crippen LogP contribution in [0.25, 0.3) is 5.57 Å². The van der Waals surface area contributed by atoms with Crippen molar-refractivity contribution >= 4 is 41.3 Å². The number of rotatable bonds is 7. The highest BCUT2D eigenvalue weighted by atomic mass is 35.5. The van der Waals surface area contributed by atoms with Gasteiger partial charge >= 0.3 is 0 Å². The van der Waals surface area contributed by atoms with E-state index in [1.54, 1.807) is 24.4 Å². The number of benzene rings is 2. The van der Waals surface area contributed by atoms with Crippen LogP contribution in [0, 0.1) is 0 Å². The van der Waals surface area contributed by atoms with Crippen molar-refractivity contribution in [2.75, 3.05) is 6.54 Å². The lowest BCUT2D eigenvalue weighted by Crippen LogP contribution is -1.98. The van der Waals surface area contributed by atoms with Crippen molar-refractivity contribution in [1.29, 1.82) is 0 Å². The smallest absolute Gasteiger partial charge is 0.141 e. The van der Waals surface area contributed by atoms with Crippen LogP contribution in [0.2, 0.25) is 10.0 Å². The predicted octanol–water partition coefficient (Wildman–Crippen LogP) is 4.14. The van der Waals surface area contributed by atoms with E-state index in [2.05, 4.69) is 4.99 Å². The molecule has 0 saturated heterocycles. The zero-order chi connectivity index (χ0) is 17.4. The molecule has 0 unspecified atom stereocenters. The highest BCUT2D eigenvalue weighted by Crippen LogP contribution is 2.26. The largest absolute Gasteiger partial charge is 0.489 e. The van der Waals surface area contributed by atoms with Gasteiger partial charge in [-0.15, -0.1) is 0 Å². The third kappa shape index (κ3) is 4.85. The van der Waals surface area contributed by atoms with E-state index < -0.39 is 0 Å². The van der Waals surface area contributed by atoms with Crippen molar-refractivity contribution in [2.45, 2.75) is 6.61 Å². The Labute approximate surface area is 150 Å². The summed E-state index contributed by atoms with van der Waals surface area (Å²) in [6, 6.07) is 12.7. The first kappa shape index (κ1) is 18.0. The summed E-state index contributed by atoms with van der Waals surface area (Å²) in [7, 11) is 0. The van der Waals surface area contributed by atoms with Gasteiger partial charge in [-0.25, -0.2) is 0 Å². The first-order valence-electron chi connectivity index (χ1n) is 7.17. The normalized spacial score (nSPS) is 11.7. The molecule has 6 heteroatoms. The third-order valence-corrected chi connectivity index (χ3v) is 3.91. The molecule has 0 aliphatic carbocycles. The minimum atomic E-state index is 0.0958. The van der Waals surface area contributed by atoms with Gasteiger partial charge in [0.25, 0.3) is 0 Å². The summed E-state index contributed by atoms with van der Waals surface area (Å²) in [4.78, 5) is 14.3. The number of carbonyl (C=O) groups excluding carboxylic acids is 1. The van der Waals surface area contributed by atoms with E-state index >= 15 is 0 Å². The second-order valence-electron chi connectivity index (χ2n) is 4.80. The number of ether oxygens (including phenoxy) is 1. The van der Waals surface area contributed by atoms with Crippen LogP contribution in [0.3, 0.4) is 0 Å². The van der Waals surface area contributed by atoms with Gasteiger partial charge in [0, 0.05) is 33.6 Å². The molecule has 0 heterocycles. The second kappa shape index (κ2) is 9.11. The number of aliphatic imine (C=N–C) groups is 1. The highest BCUT2D eigenvalue weighted by Gasteiger charge is 2.07. The molecule has 0 saturated carbocycles. The van der Waals surface area contributed by atoms with Crippen molar-refractivity contribution in [3.05, 3.63) is 69.8 Å². The fourth-order valence-electron chi connectivity index (χ4n) is 2.00. The van der Waals surface area contributed by atoms with Gasteiger partial charge in [-0.1, -0.05) is 41.4 Å². The molecule has 4 nitrogen and oxygen atoms in total. The average molecular weight is 363 g/mol. The molecular formula is C18H16Cl2N2O2. The zero-order valence-electron chi connectivity index (χ0n) is 12.8. The Morgan fingerprint density at radius 3 is 2.54 bits per heavy atom. The van der Waals surface area contributed by atoms with Crippen LogP contribution in [0.5, 0.6) is 5.75 Å². The number of halogens is 2. The summed E-state index contributed by atoms with van der Waals surface area (Å²) in [5.74, 6) is 0.645. The molecule has 0 aliphatic heterocycles. The predicted molar refractivity (Wildman–Crippen MR) is 98.8 cm³/mol. The molecule has 0 bridgehead atoms. The SMILES string of the molecule is N/C=C(\C=NCC=O)c1cccc(OCc2c(Cl)cccc2Cl)c1. The summed E-state index contributed by atoms with van der Waals surface area (Å²) in [6.45, 7) is 0.349. The lowest BCUT2D eigenvalue weighted by atomic mass is 10.1. The molecule has 2 aromatic rings. The van der Waals surface area contributed by atoms with Gasteiger partial charge in [0.1, 0.15) is 18.6 Å². The molecule has 0 radical (unpaired) electrons. The quantitative estimate of drug-likeness (QED) is 0.594. The molecule has 0 atom stereocenters. The first-order valence-corrected chi connectivity index (χ1v) is 7.92. The van der Waals surface area contributed by atoms with Crippen molar-refractivity contribution in [3.8, 4) is 5.75 Å². The highest BCUT2D eigenvalue weighted by molar-refractivity contribution is 6.35. The van der Waals surface area contributed by atoms with Gasteiger partial charge in [-0.2, -0.15) is 0 Å². The van der Waals surface area contributed by atoms with E-state index in [0.717, 1.165) is 17.4 Å². The Morgan fingerprint density at radius 1 is 1.17 bits per heavy atom. The van der Waals surface area contributed by atoms with Crippen LogP contribution >= 0.6 is 23.2 Å². The number of allylic oxidation sites excluding steroid dienone is 1. The molecule has 0 aliphatic rings. The Bertz CT molecular complexity index is 753. The van der Waals surface area contributed by atoms with E-state index in [4.69, 9.17) is 33.7 Å². The fourth-order valence-corrected chi connectivity index (χ4v) is 2.51. The number of aldehydes is 1. The van der Waals surface area contributed by atoms with Crippen LogP contribution in [0.15, 0.2) is 53.7 Å². The molecule has 24 heavy (non-hydrogen) atoms. The molecule has 0 aromatic heterocycles. The van der Waals surface area contributed by atoms with E-state index in [1.165, 1.54) is 6.20 Å². The summed E-state index contributed by atoms with van der Waals surface area (Å²) in [6.07, 6.45) is 3.70. The Balaban J connectivity index is 2.14. The van der Waals surface area contributed by atoms with Gasteiger partial charge in [0.15, 0.2) is 0 Å². The first-order chi connectivity index (χ1) is 11.7. The van der Waals surface area contributed by atoms with Gasteiger partial charge in [0.05, 0.1) is 6.54 Å². The summed E-state index contributed by atoms with van der Waals surface area (Å²) >= 11 is 12.3. The summed E-state index contributed by atoms with van der Waals surface area (Å²) in [5.41, 5.74) is 7.88. The van der Waals surface area contributed by atoms with Crippen LogP contribution in [0.4, 0.5) is 0 Å². The molecule has 0 fully saturated rings. The van der Waals surface area contributed by atoms with E-state index in [9.17, 15) is 4.79 Å². The number of nitrogens with zero attached hydrogens (tertiary/aromatic N) is 1. The van der Waals surface area contributed by atoms with E-state index in [0.29, 0.717) is 21.4 Å². The second-order valence-corrected chi connectivity index (χ2v) is 5.61. The number of nitrogens with two attached hydrogens (primary N) is 1. The van der Waals surface area contributed by atoms with Crippen LogP contribution in [0.1, 0.15) is 11.1 Å². The minimum absolute atomic E-state index is 0.0958. The maximum atomic E-state index is 10.3. The monoisotopic (exact) mass is 362 g/mol. The van der Waals surface area contributed by atoms with Crippen molar-refractivity contribution in [1.82, 2.24) is 0 Å².